The molecule has 4 nitrogen and oxygen atoms in total. The molecule has 1 atom stereocenters. The van der Waals surface area contributed by atoms with Crippen molar-refractivity contribution in [2.45, 2.75) is 31.8 Å². The number of carbonyl (C=O) groups is 1. The van der Waals surface area contributed by atoms with Gasteiger partial charge in [0.05, 0.1) is 5.02 Å². The molecule has 1 aliphatic heterocycles. The maximum absolute atomic E-state index is 11.3. The molecule has 0 spiro atoms. The summed E-state index contributed by atoms with van der Waals surface area (Å²) in [6.07, 6.45) is 4.39. The van der Waals surface area contributed by atoms with Gasteiger partial charge in [-0.3, -0.25) is 9.69 Å². The molecule has 1 heterocycles. The second kappa shape index (κ2) is 7.48. The van der Waals surface area contributed by atoms with Crippen LogP contribution in [0.3, 0.4) is 0 Å². The van der Waals surface area contributed by atoms with E-state index in [0.29, 0.717) is 30.3 Å². The number of carboxylic acid groups (broad SMARTS) is 1. The highest BCUT2D eigenvalue weighted by Crippen LogP contribution is 2.27. The van der Waals surface area contributed by atoms with Gasteiger partial charge < -0.3 is 9.84 Å². The molecule has 1 N–H and O–H groups in total. The first-order valence-electron chi connectivity index (χ1n) is 7.11. The molecular weight excluding hydrogens is 290 g/mol. The first-order valence-corrected chi connectivity index (χ1v) is 7.48. The lowest BCUT2D eigenvalue weighted by atomic mass is 10.0. The monoisotopic (exact) mass is 309 g/mol. The first kappa shape index (κ1) is 15.9. The Morgan fingerprint density at radius 3 is 3.00 bits per heavy atom. The Hall–Kier alpha value is -1.52. The molecule has 0 radical (unpaired) electrons. The van der Waals surface area contributed by atoms with Crippen LogP contribution in [0.15, 0.2) is 30.9 Å². The van der Waals surface area contributed by atoms with Gasteiger partial charge in [0, 0.05) is 6.54 Å². The number of nitrogens with zero attached hydrogens (tertiary/aromatic N) is 1. The molecule has 1 aliphatic rings. The molecule has 1 aromatic carbocycles. The number of piperidine rings is 1. The molecule has 0 aliphatic carbocycles. The SMILES string of the molecule is C=CCOc1ccc(CN2CCCCC2C(=O)O)cc1Cl. The first-order chi connectivity index (χ1) is 10.1. The molecule has 1 saturated heterocycles. The standard InChI is InChI=1S/C16H20ClNO3/c1-2-9-21-15-7-6-12(10-13(15)17)11-18-8-4-3-5-14(18)16(19)20/h2,6-7,10,14H,1,3-5,8-9,11H2,(H,19,20). The molecule has 2 rings (SSSR count). The molecular formula is C16H20ClNO3. The van der Waals surface area contributed by atoms with E-state index in [-0.39, 0.29) is 0 Å². The molecule has 1 fully saturated rings. The van der Waals surface area contributed by atoms with Crippen LogP contribution in [0.4, 0.5) is 0 Å². The Morgan fingerprint density at radius 1 is 1.52 bits per heavy atom. The van der Waals surface area contributed by atoms with Crippen molar-refractivity contribution >= 4 is 17.6 Å². The summed E-state index contributed by atoms with van der Waals surface area (Å²) in [5.41, 5.74) is 0.999. The smallest absolute Gasteiger partial charge is 0.320 e. The number of halogens is 1. The number of hydrogen-bond acceptors (Lipinski definition) is 3. The minimum Gasteiger partial charge on any atom is -0.488 e. The van der Waals surface area contributed by atoms with Crippen LogP contribution in [0.2, 0.25) is 5.02 Å². The van der Waals surface area contributed by atoms with Crippen molar-refractivity contribution in [3.05, 3.63) is 41.4 Å². The second-order valence-corrected chi connectivity index (χ2v) is 5.59. The van der Waals surface area contributed by atoms with Crippen molar-refractivity contribution in [3.8, 4) is 5.75 Å². The van der Waals surface area contributed by atoms with Crippen molar-refractivity contribution in [3.63, 3.8) is 0 Å². The van der Waals surface area contributed by atoms with Crippen LogP contribution in [0.25, 0.3) is 0 Å². The van der Waals surface area contributed by atoms with Gasteiger partial charge in [0.25, 0.3) is 0 Å². The number of benzene rings is 1. The Morgan fingerprint density at radius 2 is 2.33 bits per heavy atom. The summed E-state index contributed by atoms with van der Waals surface area (Å²) in [6.45, 7) is 5.41. The highest BCUT2D eigenvalue weighted by molar-refractivity contribution is 6.32. The summed E-state index contributed by atoms with van der Waals surface area (Å²) in [6, 6.07) is 5.20. The largest absolute Gasteiger partial charge is 0.488 e. The van der Waals surface area contributed by atoms with E-state index < -0.39 is 12.0 Å². The molecule has 0 amide bonds. The lowest BCUT2D eigenvalue weighted by Gasteiger charge is -2.32. The van der Waals surface area contributed by atoms with E-state index in [4.69, 9.17) is 16.3 Å². The van der Waals surface area contributed by atoms with Gasteiger partial charge in [-0.25, -0.2) is 0 Å². The molecule has 1 unspecified atom stereocenters. The zero-order valence-corrected chi connectivity index (χ0v) is 12.7. The lowest BCUT2D eigenvalue weighted by molar-refractivity contribution is -0.144. The fourth-order valence-electron chi connectivity index (χ4n) is 2.60. The maximum atomic E-state index is 11.3. The molecule has 0 aromatic heterocycles. The van der Waals surface area contributed by atoms with E-state index in [2.05, 4.69) is 6.58 Å². The van der Waals surface area contributed by atoms with Crippen molar-refractivity contribution in [1.82, 2.24) is 4.90 Å². The topological polar surface area (TPSA) is 49.8 Å². The van der Waals surface area contributed by atoms with Crippen LogP contribution >= 0.6 is 11.6 Å². The summed E-state index contributed by atoms with van der Waals surface area (Å²) < 4.78 is 5.43. The van der Waals surface area contributed by atoms with Crippen LogP contribution in [-0.4, -0.2) is 35.2 Å². The predicted octanol–water partition coefficient (Wildman–Crippen LogP) is 3.34. The fourth-order valence-corrected chi connectivity index (χ4v) is 2.86. The lowest BCUT2D eigenvalue weighted by Crippen LogP contribution is -2.43. The second-order valence-electron chi connectivity index (χ2n) is 5.18. The Labute approximate surface area is 130 Å². The summed E-state index contributed by atoms with van der Waals surface area (Å²) in [4.78, 5) is 13.3. The minimum absolute atomic E-state index is 0.394. The number of aliphatic carboxylic acids is 1. The Kier molecular flexibility index (Phi) is 5.65. The van der Waals surface area contributed by atoms with Gasteiger partial charge in [-0.05, 0) is 37.1 Å². The number of rotatable bonds is 6. The number of likely N-dealkylation sites (tertiary alicyclic amines) is 1. The van der Waals surface area contributed by atoms with Crippen molar-refractivity contribution in [2.24, 2.45) is 0 Å². The van der Waals surface area contributed by atoms with E-state index in [1.54, 1.807) is 6.08 Å². The van der Waals surface area contributed by atoms with E-state index in [1.165, 1.54) is 0 Å². The molecule has 1 aromatic rings. The van der Waals surface area contributed by atoms with E-state index >= 15 is 0 Å². The van der Waals surface area contributed by atoms with Crippen molar-refractivity contribution in [2.75, 3.05) is 13.2 Å². The molecule has 114 valence electrons. The van der Waals surface area contributed by atoms with Crippen LogP contribution in [0.5, 0.6) is 5.75 Å². The maximum Gasteiger partial charge on any atom is 0.320 e. The third kappa shape index (κ3) is 4.22. The normalized spacial score (nSPS) is 19.2. The van der Waals surface area contributed by atoms with Crippen LogP contribution < -0.4 is 4.74 Å². The summed E-state index contributed by atoms with van der Waals surface area (Å²) in [5, 5.41) is 9.83. The summed E-state index contributed by atoms with van der Waals surface area (Å²) in [7, 11) is 0. The van der Waals surface area contributed by atoms with Crippen LogP contribution in [0.1, 0.15) is 24.8 Å². The molecule has 0 bridgehead atoms. The Bertz CT molecular complexity index is 518. The quantitative estimate of drug-likeness (QED) is 0.819. The average Bonchev–Trinajstić information content (AvgIpc) is 2.47. The van der Waals surface area contributed by atoms with E-state index in [9.17, 15) is 9.90 Å². The third-order valence-corrected chi connectivity index (χ3v) is 3.93. The van der Waals surface area contributed by atoms with Gasteiger partial charge in [-0.2, -0.15) is 0 Å². The number of hydrogen-bond donors (Lipinski definition) is 1. The van der Waals surface area contributed by atoms with E-state index in [0.717, 1.165) is 24.9 Å². The number of carboxylic acids is 1. The zero-order chi connectivity index (χ0) is 15.2. The van der Waals surface area contributed by atoms with E-state index in [1.807, 2.05) is 23.1 Å². The van der Waals surface area contributed by atoms with Gasteiger partial charge >= 0.3 is 5.97 Å². The average molecular weight is 310 g/mol. The third-order valence-electron chi connectivity index (χ3n) is 3.64. The highest BCUT2D eigenvalue weighted by Gasteiger charge is 2.28. The fraction of sp³-hybridized carbons (Fsp3) is 0.438. The van der Waals surface area contributed by atoms with Gasteiger partial charge in [0.15, 0.2) is 0 Å². The zero-order valence-electron chi connectivity index (χ0n) is 11.9. The summed E-state index contributed by atoms with van der Waals surface area (Å²) >= 11 is 6.19. The minimum atomic E-state index is -0.744. The van der Waals surface area contributed by atoms with Gasteiger partial charge in [0.2, 0.25) is 0 Å². The van der Waals surface area contributed by atoms with Crippen LogP contribution in [-0.2, 0) is 11.3 Å². The highest BCUT2D eigenvalue weighted by atomic mass is 35.5. The van der Waals surface area contributed by atoms with Gasteiger partial charge in [-0.15, -0.1) is 0 Å². The Balaban J connectivity index is 2.06. The van der Waals surface area contributed by atoms with Crippen molar-refractivity contribution in [1.29, 1.82) is 0 Å². The summed E-state index contributed by atoms with van der Waals surface area (Å²) in [5.74, 6) is -0.125. The van der Waals surface area contributed by atoms with Crippen molar-refractivity contribution < 1.29 is 14.6 Å². The number of ether oxygens (including phenoxy) is 1. The van der Waals surface area contributed by atoms with Gasteiger partial charge in [0.1, 0.15) is 18.4 Å². The molecule has 21 heavy (non-hydrogen) atoms. The predicted molar refractivity (Wildman–Crippen MR) is 82.8 cm³/mol. The molecule has 0 saturated carbocycles. The molecule has 5 heteroatoms. The van der Waals surface area contributed by atoms with Gasteiger partial charge in [-0.1, -0.05) is 36.7 Å². The van der Waals surface area contributed by atoms with Crippen LogP contribution in [0, 0.1) is 0 Å².